The molecule has 106 valence electrons. The van der Waals surface area contributed by atoms with Crippen LogP contribution in [0.25, 0.3) is 0 Å². The van der Waals surface area contributed by atoms with E-state index in [0.717, 1.165) is 19.4 Å². The van der Waals surface area contributed by atoms with Crippen LogP contribution in [0.1, 0.15) is 53.4 Å². The average Bonchev–Trinajstić information content (AvgIpc) is 2.24. The van der Waals surface area contributed by atoms with E-state index in [4.69, 9.17) is 9.47 Å². The van der Waals surface area contributed by atoms with Crippen LogP contribution in [-0.4, -0.2) is 36.9 Å². The van der Waals surface area contributed by atoms with Gasteiger partial charge in [0.1, 0.15) is 5.54 Å². The number of hydrogen-bond donors (Lipinski definition) is 1. The predicted octanol–water partition coefficient (Wildman–Crippen LogP) is 2.27. The van der Waals surface area contributed by atoms with Crippen molar-refractivity contribution < 1.29 is 14.3 Å². The molecule has 4 heteroatoms. The van der Waals surface area contributed by atoms with Gasteiger partial charge in [0, 0.05) is 6.42 Å². The first kappa shape index (κ1) is 15.4. The average molecular weight is 257 g/mol. The molecule has 1 rings (SSSR count). The van der Waals surface area contributed by atoms with Gasteiger partial charge in [0.2, 0.25) is 0 Å². The molecule has 0 heterocycles. The van der Waals surface area contributed by atoms with Gasteiger partial charge in [-0.25, -0.2) is 0 Å². The summed E-state index contributed by atoms with van der Waals surface area (Å²) in [4.78, 5) is 12.0. The first-order valence-corrected chi connectivity index (χ1v) is 7.09. The molecule has 2 atom stereocenters. The molecule has 1 fully saturated rings. The number of ether oxygens (including phenoxy) is 2. The summed E-state index contributed by atoms with van der Waals surface area (Å²) in [6, 6.07) is 0. The molecule has 2 unspecified atom stereocenters. The highest BCUT2D eigenvalue weighted by molar-refractivity contribution is 5.80. The molecule has 0 aromatic rings. The van der Waals surface area contributed by atoms with Gasteiger partial charge in [-0.05, 0) is 46.6 Å². The summed E-state index contributed by atoms with van der Waals surface area (Å²) in [5.74, 6) is -0.184. The van der Waals surface area contributed by atoms with Crippen molar-refractivity contribution in [3.05, 3.63) is 0 Å². The van der Waals surface area contributed by atoms with Crippen LogP contribution in [0.4, 0.5) is 0 Å². The van der Waals surface area contributed by atoms with E-state index >= 15 is 0 Å². The minimum Gasteiger partial charge on any atom is -0.465 e. The van der Waals surface area contributed by atoms with Gasteiger partial charge in [0.05, 0.1) is 18.8 Å². The van der Waals surface area contributed by atoms with Crippen LogP contribution in [0, 0.1) is 0 Å². The number of carbonyl (C=O) groups is 1. The maximum absolute atomic E-state index is 12.0. The van der Waals surface area contributed by atoms with Crippen molar-refractivity contribution in [2.45, 2.75) is 71.1 Å². The van der Waals surface area contributed by atoms with Crippen LogP contribution in [-0.2, 0) is 14.3 Å². The maximum Gasteiger partial charge on any atom is 0.326 e. The Hall–Kier alpha value is -0.610. The zero-order valence-electron chi connectivity index (χ0n) is 12.1. The van der Waals surface area contributed by atoms with Crippen LogP contribution < -0.4 is 5.32 Å². The summed E-state index contributed by atoms with van der Waals surface area (Å²) in [5.41, 5.74) is -0.645. The first-order valence-electron chi connectivity index (χ1n) is 7.09. The molecule has 1 N–H and O–H groups in total. The molecule has 1 aliphatic rings. The van der Waals surface area contributed by atoms with Gasteiger partial charge in [0.25, 0.3) is 0 Å². The minimum absolute atomic E-state index is 0.0729. The number of likely N-dealkylation sites (N-methyl/N-ethyl adjacent to an activating group) is 1. The summed E-state index contributed by atoms with van der Waals surface area (Å²) in [6.07, 6.45) is 4.69. The van der Waals surface area contributed by atoms with Gasteiger partial charge in [-0.3, -0.25) is 4.79 Å². The molecule has 0 aromatic heterocycles. The van der Waals surface area contributed by atoms with E-state index in [2.05, 4.69) is 5.32 Å². The molecular weight excluding hydrogens is 230 g/mol. The van der Waals surface area contributed by atoms with Gasteiger partial charge in [0.15, 0.2) is 0 Å². The highest BCUT2D eigenvalue weighted by Crippen LogP contribution is 2.26. The Morgan fingerprint density at radius 1 is 1.44 bits per heavy atom. The van der Waals surface area contributed by atoms with Crippen LogP contribution in [0.15, 0.2) is 0 Å². The van der Waals surface area contributed by atoms with Crippen molar-refractivity contribution in [1.82, 2.24) is 5.32 Å². The van der Waals surface area contributed by atoms with Gasteiger partial charge in [-0.2, -0.15) is 0 Å². The molecule has 1 aliphatic carbocycles. The van der Waals surface area contributed by atoms with Crippen molar-refractivity contribution in [3.63, 3.8) is 0 Å². The van der Waals surface area contributed by atoms with Crippen LogP contribution in [0.2, 0.25) is 0 Å². The van der Waals surface area contributed by atoms with E-state index in [-0.39, 0.29) is 12.1 Å². The van der Waals surface area contributed by atoms with Crippen molar-refractivity contribution in [1.29, 1.82) is 0 Å². The third-order valence-electron chi connectivity index (χ3n) is 3.47. The highest BCUT2D eigenvalue weighted by Gasteiger charge is 2.36. The molecule has 4 nitrogen and oxygen atoms in total. The number of nitrogens with one attached hydrogen (secondary N) is 1. The Morgan fingerprint density at radius 3 is 2.56 bits per heavy atom. The smallest absolute Gasteiger partial charge is 0.326 e. The molecule has 0 bridgehead atoms. The topological polar surface area (TPSA) is 47.6 Å². The highest BCUT2D eigenvalue weighted by atomic mass is 16.5. The fourth-order valence-electron chi connectivity index (χ4n) is 2.37. The second-order valence-electron chi connectivity index (χ2n) is 5.29. The van der Waals surface area contributed by atoms with E-state index in [9.17, 15) is 4.79 Å². The number of carbonyl (C=O) groups excluding carboxylic acids is 1. The Balaban J connectivity index is 2.50. The fraction of sp³-hybridized carbons (Fsp3) is 0.929. The summed E-state index contributed by atoms with van der Waals surface area (Å²) < 4.78 is 11.1. The van der Waals surface area contributed by atoms with E-state index in [0.29, 0.717) is 19.1 Å². The Bertz CT molecular complexity index is 266. The molecule has 0 aliphatic heterocycles. The van der Waals surface area contributed by atoms with Gasteiger partial charge in [-0.1, -0.05) is 6.92 Å². The molecule has 1 saturated carbocycles. The van der Waals surface area contributed by atoms with E-state index < -0.39 is 5.54 Å². The normalized spacial score (nSPS) is 20.9. The van der Waals surface area contributed by atoms with Gasteiger partial charge < -0.3 is 14.8 Å². The minimum atomic E-state index is -0.645. The third-order valence-corrected chi connectivity index (χ3v) is 3.47. The standard InChI is InChI=1S/C14H27NO3/c1-5-15-14(4,13(16)17-6-2)10-11(3)18-12-8-7-9-12/h11-12,15H,5-10H2,1-4H3. The van der Waals surface area contributed by atoms with Crippen molar-refractivity contribution >= 4 is 5.97 Å². The third kappa shape index (κ3) is 4.25. The maximum atomic E-state index is 12.0. The number of rotatable bonds is 8. The van der Waals surface area contributed by atoms with Crippen LogP contribution in [0.3, 0.4) is 0 Å². The molecule has 0 spiro atoms. The number of hydrogen-bond acceptors (Lipinski definition) is 4. The second-order valence-corrected chi connectivity index (χ2v) is 5.29. The fourth-order valence-corrected chi connectivity index (χ4v) is 2.37. The van der Waals surface area contributed by atoms with Crippen molar-refractivity contribution in [2.24, 2.45) is 0 Å². The zero-order chi connectivity index (χ0) is 13.6. The molecule has 0 amide bonds. The van der Waals surface area contributed by atoms with Gasteiger partial charge >= 0.3 is 5.97 Å². The molecule has 0 aromatic carbocycles. The molecule has 0 saturated heterocycles. The molecule has 18 heavy (non-hydrogen) atoms. The predicted molar refractivity (Wildman–Crippen MR) is 71.5 cm³/mol. The lowest BCUT2D eigenvalue weighted by Gasteiger charge is -2.34. The number of esters is 1. The zero-order valence-corrected chi connectivity index (χ0v) is 12.1. The van der Waals surface area contributed by atoms with Gasteiger partial charge in [-0.15, -0.1) is 0 Å². The monoisotopic (exact) mass is 257 g/mol. The van der Waals surface area contributed by atoms with E-state index in [1.165, 1.54) is 6.42 Å². The second kappa shape index (κ2) is 7.10. The Kier molecular flexibility index (Phi) is 6.09. The first-order chi connectivity index (χ1) is 8.51. The summed E-state index contributed by atoms with van der Waals surface area (Å²) in [7, 11) is 0. The molecule has 0 radical (unpaired) electrons. The summed E-state index contributed by atoms with van der Waals surface area (Å²) in [6.45, 7) is 8.92. The lowest BCUT2D eigenvalue weighted by atomic mass is 9.92. The lowest BCUT2D eigenvalue weighted by molar-refractivity contribution is -0.153. The van der Waals surface area contributed by atoms with Crippen molar-refractivity contribution in [3.8, 4) is 0 Å². The van der Waals surface area contributed by atoms with E-state index in [1.807, 2.05) is 27.7 Å². The summed E-state index contributed by atoms with van der Waals surface area (Å²) in [5, 5.41) is 3.23. The summed E-state index contributed by atoms with van der Waals surface area (Å²) >= 11 is 0. The van der Waals surface area contributed by atoms with Crippen LogP contribution >= 0.6 is 0 Å². The Labute approximate surface area is 110 Å². The largest absolute Gasteiger partial charge is 0.465 e. The lowest BCUT2D eigenvalue weighted by Crippen LogP contribution is -2.52. The van der Waals surface area contributed by atoms with E-state index in [1.54, 1.807) is 0 Å². The van der Waals surface area contributed by atoms with Crippen LogP contribution in [0.5, 0.6) is 0 Å². The SMILES string of the molecule is CCNC(C)(CC(C)OC1CCC1)C(=O)OCC. The van der Waals surface area contributed by atoms with Crippen molar-refractivity contribution in [2.75, 3.05) is 13.2 Å². The quantitative estimate of drug-likeness (QED) is 0.678. The Morgan fingerprint density at radius 2 is 2.11 bits per heavy atom. The molecular formula is C14H27NO3.